The first-order valence-electron chi connectivity index (χ1n) is 9.24. The van der Waals surface area contributed by atoms with Crippen LogP contribution in [0.15, 0.2) is 58.8 Å². The number of hydrogen-bond acceptors (Lipinski definition) is 5. The van der Waals surface area contributed by atoms with Gasteiger partial charge >= 0.3 is 0 Å². The van der Waals surface area contributed by atoms with Gasteiger partial charge in [-0.05, 0) is 41.5 Å². The van der Waals surface area contributed by atoms with Crippen molar-refractivity contribution < 1.29 is 13.2 Å². The maximum atomic E-state index is 12.9. The largest absolute Gasteiger partial charge is 0.296 e. The van der Waals surface area contributed by atoms with Gasteiger partial charge in [0.1, 0.15) is 0 Å². The maximum absolute atomic E-state index is 12.9. The summed E-state index contributed by atoms with van der Waals surface area (Å²) in [6, 6.07) is 14.6. The molecule has 28 heavy (non-hydrogen) atoms. The van der Waals surface area contributed by atoms with Crippen molar-refractivity contribution >= 4 is 37.2 Å². The van der Waals surface area contributed by atoms with Gasteiger partial charge < -0.3 is 0 Å². The Labute approximate surface area is 169 Å². The molecular weight excluding hydrogens is 392 g/mol. The lowest BCUT2D eigenvalue weighted by Crippen LogP contribution is -2.48. The van der Waals surface area contributed by atoms with E-state index >= 15 is 0 Å². The average molecular weight is 415 g/mol. The van der Waals surface area contributed by atoms with E-state index in [1.165, 1.54) is 39.0 Å². The van der Waals surface area contributed by atoms with Crippen LogP contribution in [-0.4, -0.2) is 49.6 Å². The van der Waals surface area contributed by atoms with Gasteiger partial charge in [0.15, 0.2) is 5.78 Å². The Morgan fingerprint density at radius 2 is 1.68 bits per heavy atom. The molecule has 0 atom stereocenters. The predicted octanol–water partition coefficient (Wildman–Crippen LogP) is 3.61. The van der Waals surface area contributed by atoms with E-state index in [9.17, 15) is 13.2 Å². The van der Waals surface area contributed by atoms with E-state index in [-0.39, 0.29) is 10.7 Å². The summed E-state index contributed by atoms with van der Waals surface area (Å²) >= 11 is 1.75. The van der Waals surface area contributed by atoms with Crippen molar-refractivity contribution in [3.05, 3.63) is 65.0 Å². The van der Waals surface area contributed by atoms with Gasteiger partial charge in [0, 0.05) is 43.0 Å². The monoisotopic (exact) mass is 414 g/mol. The molecule has 0 N–H and O–H groups in total. The van der Waals surface area contributed by atoms with E-state index in [4.69, 9.17) is 0 Å². The molecule has 1 saturated heterocycles. The maximum Gasteiger partial charge on any atom is 0.243 e. The van der Waals surface area contributed by atoms with Crippen molar-refractivity contribution in [1.29, 1.82) is 0 Å². The molecule has 0 spiro atoms. The summed E-state index contributed by atoms with van der Waals surface area (Å²) in [5, 5.41) is 3.48. The van der Waals surface area contributed by atoms with Crippen molar-refractivity contribution in [2.75, 3.05) is 26.2 Å². The van der Waals surface area contributed by atoms with Crippen LogP contribution in [0.1, 0.15) is 22.8 Å². The molecule has 2 heterocycles. The smallest absolute Gasteiger partial charge is 0.243 e. The fourth-order valence-corrected chi connectivity index (χ4v) is 5.91. The van der Waals surface area contributed by atoms with Gasteiger partial charge in [-0.15, -0.1) is 11.3 Å². The number of hydrogen-bond donors (Lipinski definition) is 0. The molecule has 2 aromatic carbocycles. The molecular formula is C21H22N2O3S2. The first kappa shape index (κ1) is 19.3. The molecule has 0 radical (unpaired) electrons. The Hall–Kier alpha value is -2.06. The Morgan fingerprint density at radius 3 is 2.36 bits per heavy atom. The highest BCUT2D eigenvalue weighted by atomic mass is 32.2. The van der Waals surface area contributed by atoms with E-state index in [2.05, 4.69) is 34.5 Å². The lowest BCUT2D eigenvalue weighted by molar-refractivity contribution is 0.101. The fraction of sp³-hybridized carbons (Fsp3) is 0.286. The molecule has 7 heteroatoms. The number of carbonyl (C=O) groups is 1. The third-order valence-corrected chi connectivity index (χ3v) is 8.11. The van der Waals surface area contributed by atoms with Crippen LogP contribution in [0.2, 0.25) is 0 Å². The second-order valence-corrected chi connectivity index (χ2v) is 9.87. The van der Waals surface area contributed by atoms with Crippen molar-refractivity contribution in [3.63, 3.8) is 0 Å². The van der Waals surface area contributed by atoms with E-state index in [1.54, 1.807) is 23.5 Å². The Morgan fingerprint density at radius 1 is 1.00 bits per heavy atom. The Bertz CT molecular complexity index is 1100. The van der Waals surface area contributed by atoms with Gasteiger partial charge in [-0.3, -0.25) is 9.69 Å². The minimum absolute atomic E-state index is 0.0708. The van der Waals surface area contributed by atoms with E-state index in [0.717, 1.165) is 6.54 Å². The normalized spacial score (nSPS) is 16.5. The number of fused-ring (bicyclic) bond motifs is 1. The summed E-state index contributed by atoms with van der Waals surface area (Å²) in [5.74, 6) is -0.0708. The molecule has 0 bridgehead atoms. The quantitative estimate of drug-likeness (QED) is 0.599. The summed E-state index contributed by atoms with van der Waals surface area (Å²) in [7, 11) is -3.53. The van der Waals surface area contributed by atoms with Gasteiger partial charge in [0.2, 0.25) is 10.0 Å². The average Bonchev–Trinajstić information content (AvgIpc) is 3.11. The molecule has 0 aliphatic carbocycles. The molecule has 0 unspecified atom stereocenters. The van der Waals surface area contributed by atoms with Crippen molar-refractivity contribution in [2.45, 2.75) is 18.4 Å². The lowest BCUT2D eigenvalue weighted by Gasteiger charge is -2.33. The zero-order valence-electron chi connectivity index (χ0n) is 15.7. The molecule has 5 nitrogen and oxygen atoms in total. The molecule has 1 aliphatic heterocycles. The van der Waals surface area contributed by atoms with Crippen molar-refractivity contribution in [2.24, 2.45) is 0 Å². The number of carbonyl (C=O) groups excluding carboxylic acids is 1. The summed E-state index contributed by atoms with van der Waals surface area (Å²) in [6.07, 6.45) is 0. The third kappa shape index (κ3) is 3.75. The summed E-state index contributed by atoms with van der Waals surface area (Å²) < 4.78 is 28.6. The SMILES string of the molecule is CC(=O)c1ccc(S(=O)(=O)N2CCN(Cc3csc4ccccc34)CC2)cc1. The zero-order chi connectivity index (χ0) is 19.7. The molecule has 146 valence electrons. The Balaban J connectivity index is 1.42. The van der Waals surface area contributed by atoms with E-state index in [1.807, 2.05) is 0 Å². The van der Waals surface area contributed by atoms with Crippen LogP contribution in [-0.2, 0) is 16.6 Å². The van der Waals surface area contributed by atoms with Gasteiger partial charge in [-0.1, -0.05) is 30.3 Å². The summed E-state index contributed by atoms with van der Waals surface area (Å²) in [5.41, 5.74) is 1.82. The van der Waals surface area contributed by atoms with E-state index in [0.29, 0.717) is 31.7 Å². The van der Waals surface area contributed by atoms with Crippen LogP contribution >= 0.6 is 11.3 Å². The summed E-state index contributed by atoms with van der Waals surface area (Å²) in [4.78, 5) is 13.9. The van der Waals surface area contributed by atoms with Gasteiger partial charge in [-0.2, -0.15) is 4.31 Å². The molecule has 1 fully saturated rings. The highest BCUT2D eigenvalue weighted by Gasteiger charge is 2.28. The van der Waals surface area contributed by atoms with Gasteiger partial charge in [-0.25, -0.2) is 8.42 Å². The second kappa shape index (κ2) is 7.75. The molecule has 1 aromatic heterocycles. The van der Waals surface area contributed by atoms with Crippen LogP contribution in [0.25, 0.3) is 10.1 Å². The van der Waals surface area contributed by atoms with Gasteiger partial charge in [0.25, 0.3) is 0 Å². The van der Waals surface area contributed by atoms with Gasteiger partial charge in [0.05, 0.1) is 4.90 Å². The molecule has 4 rings (SSSR count). The minimum Gasteiger partial charge on any atom is -0.296 e. The third-order valence-electron chi connectivity index (χ3n) is 5.18. The zero-order valence-corrected chi connectivity index (χ0v) is 17.3. The van der Waals surface area contributed by atoms with Crippen molar-refractivity contribution in [3.8, 4) is 0 Å². The molecule has 1 aliphatic rings. The predicted molar refractivity (Wildman–Crippen MR) is 112 cm³/mol. The standard InChI is InChI=1S/C21H22N2O3S2/c1-16(24)17-6-8-19(9-7-17)28(25,26)23-12-10-22(11-13-23)14-18-15-27-21-5-3-2-4-20(18)21/h2-9,15H,10-14H2,1H3. The number of nitrogens with zero attached hydrogens (tertiary/aromatic N) is 2. The van der Waals surface area contributed by atoms with Crippen molar-refractivity contribution in [1.82, 2.24) is 9.21 Å². The molecule has 0 amide bonds. The minimum atomic E-state index is -3.53. The number of piperazine rings is 1. The second-order valence-electron chi connectivity index (χ2n) is 7.02. The summed E-state index contributed by atoms with van der Waals surface area (Å²) in [6.45, 7) is 4.66. The van der Waals surface area contributed by atoms with Crippen LogP contribution < -0.4 is 0 Å². The highest BCUT2D eigenvalue weighted by Crippen LogP contribution is 2.27. The number of ketones is 1. The van der Waals surface area contributed by atoms with Crippen LogP contribution in [0.5, 0.6) is 0 Å². The Kier molecular flexibility index (Phi) is 5.33. The lowest BCUT2D eigenvalue weighted by atomic mass is 10.1. The number of sulfonamides is 1. The van der Waals surface area contributed by atoms with E-state index < -0.39 is 10.0 Å². The number of Topliss-reactive ketones (excluding diaryl/α,β-unsaturated/α-hetero) is 1. The first-order chi connectivity index (χ1) is 13.4. The molecule has 3 aromatic rings. The van der Waals surface area contributed by atoms with Crippen LogP contribution in [0.3, 0.4) is 0 Å². The first-order valence-corrected chi connectivity index (χ1v) is 11.6. The highest BCUT2D eigenvalue weighted by molar-refractivity contribution is 7.89. The van der Waals surface area contributed by atoms with Crippen LogP contribution in [0.4, 0.5) is 0 Å². The number of rotatable bonds is 5. The van der Waals surface area contributed by atoms with Crippen LogP contribution in [0, 0.1) is 0 Å². The topological polar surface area (TPSA) is 57.7 Å². The number of thiophene rings is 1. The molecule has 0 saturated carbocycles. The number of benzene rings is 2. The fourth-order valence-electron chi connectivity index (χ4n) is 3.53.